The minimum atomic E-state index is -5.54. The van der Waals surface area contributed by atoms with Crippen molar-refractivity contribution in [2.75, 3.05) is 0 Å². The van der Waals surface area contributed by atoms with Gasteiger partial charge in [0.2, 0.25) is 0 Å². The van der Waals surface area contributed by atoms with E-state index in [0.29, 0.717) is 0 Å². The number of halogens is 3. The monoisotopic (exact) mass is 272 g/mol. The highest BCUT2D eigenvalue weighted by molar-refractivity contribution is 7.87. The first-order valence-electron chi connectivity index (χ1n) is 4.62. The molecule has 0 radical (unpaired) electrons. The van der Waals surface area contributed by atoms with Crippen LogP contribution in [0.25, 0.3) is 0 Å². The van der Waals surface area contributed by atoms with Crippen molar-refractivity contribution < 1.29 is 25.8 Å². The molecule has 1 rings (SSSR count). The summed E-state index contributed by atoms with van der Waals surface area (Å²) in [6.07, 6.45) is 2.68. The molecular formula is C8H11F3N2O3S. The first kappa shape index (κ1) is 14.0. The second kappa shape index (κ2) is 4.65. The molecule has 0 aliphatic heterocycles. The van der Waals surface area contributed by atoms with E-state index >= 15 is 0 Å². The van der Waals surface area contributed by atoms with Gasteiger partial charge < -0.3 is 0 Å². The number of hydrogen-bond acceptors (Lipinski definition) is 4. The number of alkyl halides is 3. The number of aromatic nitrogens is 2. The van der Waals surface area contributed by atoms with Gasteiger partial charge in [-0.05, 0) is 13.8 Å². The molecule has 0 fully saturated rings. The highest BCUT2D eigenvalue weighted by Gasteiger charge is 2.47. The van der Waals surface area contributed by atoms with Gasteiger partial charge in [0.25, 0.3) is 0 Å². The van der Waals surface area contributed by atoms with Gasteiger partial charge in [-0.3, -0.25) is 8.86 Å². The van der Waals surface area contributed by atoms with Gasteiger partial charge in [0.1, 0.15) is 0 Å². The van der Waals surface area contributed by atoms with Gasteiger partial charge in [-0.15, -0.1) is 0 Å². The summed E-state index contributed by atoms with van der Waals surface area (Å²) in [7, 11) is -5.54. The summed E-state index contributed by atoms with van der Waals surface area (Å²) in [4.78, 5) is 0. The van der Waals surface area contributed by atoms with Crippen LogP contribution in [0.5, 0.6) is 0 Å². The molecule has 0 N–H and O–H groups in total. The highest BCUT2D eigenvalue weighted by Crippen LogP contribution is 2.25. The number of hydrogen-bond donors (Lipinski definition) is 0. The molecule has 0 bridgehead atoms. The first-order chi connectivity index (χ1) is 7.63. The zero-order chi connectivity index (χ0) is 13.3. The van der Waals surface area contributed by atoms with E-state index in [9.17, 15) is 21.6 Å². The van der Waals surface area contributed by atoms with Gasteiger partial charge in [0.15, 0.2) is 0 Å². The Hall–Kier alpha value is -1.09. The lowest BCUT2D eigenvalue weighted by molar-refractivity contribution is -0.0547. The lowest BCUT2D eigenvalue weighted by atomic mass is 10.4. The zero-order valence-electron chi connectivity index (χ0n) is 9.10. The summed E-state index contributed by atoms with van der Waals surface area (Å²) >= 11 is 0. The lowest BCUT2D eigenvalue weighted by Crippen LogP contribution is -2.25. The van der Waals surface area contributed by atoms with Crippen LogP contribution in [-0.4, -0.2) is 23.7 Å². The summed E-state index contributed by atoms with van der Waals surface area (Å²) in [5.74, 6) is 0. The average Bonchev–Trinajstić information content (AvgIpc) is 2.61. The molecule has 0 unspecified atom stereocenters. The van der Waals surface area contributed by atoms with Gasteiger partial charge in [0, 0.05) is 17.8 Å². The Bertz CT molecular complexity index is 478. The van der Waals surface area contributed by atoms with E-state index < -0.39 is 22.2 Å². The van der Waals surface area contributed by atoms with E-state index in [1.807, 2.05) is 13.8 Å². The molecule has 9 heteroatoms. The molecule has 17 heavy (non-hydrogen) atoms. The van der Waals surface area contributed by atoms with E-state index in [-0.39, 0.29) is 11.6 Å². The SMILES string of the molecule is CC(C)n1cc(COS(=O)(=O)C(F)(F)F)cn1. The molecule has 1 aromatic rings. The minimum absolute atomic E-state index is 0.0305. The van der Waals surface area contributed by atoms with Crippen molar-refractivity contribution in [2.45, 2.75) is 32.0 Å². The zero-order valence-corrected chi connectivity index (χ0v) is 9.92. The van der Waals surface area contributed by atoms with Crippen LogP contribution in [0.15, 0.2) is 12.4 Å². The maximum Gasteiger partial charge on any atom is 0.523 e. The minimum Gasteiger partial charge on any atom is -0.270 e. The molecule has 0 saturated carbocycles. The van der Waals surface area contributed by atoms with Crippen molar-refractivity contribution in [3.05, 3.63) is 18.0 Å². The van der Waals surface area contributed by atoms with Crippen LogP contribution in [-0.2, 0) is 20.9 Å². The summed E-state index contributed by atoms with van der Waals surface area (Å²) in [6.45, 7) is 2.96. The van der Waals surface area contributed by atoms with E-state index in [2.05, 4.69) is 9.28 Å². The molecule has 0 aliphatic carbocycles. The molecule has 0 spiro atoms. The molecule has 0 saturated heterocycles. The maximum atomic E-state index is 11.9. The number of nitrogens with zero attached hydrogens (tertiary/aromatic N) is 2. The van der Waals surface area contributed by atoms with Gasteiger partial charge >= 0.3 is 15.6 Å². The molecule has 0 amide bonds. The van der Waals surface area contributed by atoms with E-state index in [1.54, 1.807) is 0 Å². The third-order valence-corrected chi connectivity index (χ3v) is 2.84. The Balaban J connectivity index is 2.68. The average molecular weight is 272 g/mol. The predicted molar refractivity (Wildman–Crippen MR) is 52.4 cm³/mol. The number of rotatable bonds is 4. The van der Waals surface area contributed by atoms with Gasteiger partial charge in [-0.25, -0.2) is 0 Å². The maximum absolute atomic E-state index is 11.9. The molecule has 0 aromatic carbocycles. The fourth-order valence-corrected chi connectivity index (χ4v) is 1.37. The van der Waals surface area contributed by atoms with Crippen molar-refractivity contribution in [1.29, 1.82) is 0 Å². The third kappa shape index (κ3) is 3.43. The van der Waals surface area contributed by atoms with Crippen LogP contribution >= 0.6 is 0 Å². The summed E-state index contributed by atoms with van der Waals surface area (Å²) in [6, 6.07) is 0.0305. The Morgan fingerprint density at radius 2 is 2.06 bits per heavy atom. The van der Waals surface area contributed by atoms with Crippen LogP contribution in [0.4, 0.5) is 13.2 Å². The van der Waals surface area contributed by atoms with Crippen molar-refractivity contribution >= 4 is 10.1 Å². The highest BCUT2D eigenvalue weighted by atomic mass is 32.2. The normalized spacial score (nSPS) is 13.3. The fourth-order valence-electron chi connectivity index (χ4n) is 0.947. The smallest absolute Gasteiger partial charge is 0.270 e. The second-order valence-corrected chi connectivity index (χ2v) is 5.19. The van der Waals surface area contributed by atoms with Crippen LogP contribution in [0.3, 0.4) is 0 Å². The van der Waals surface area contributed by atoms with Crippen molar-refractivity contribution in [3.8, 4) is 0 Å². The van der Waals surface area contributed by atoms with Crippen LogP contribution < -0.4 is 0 Å². The van der Waals surface area contributed by atoms with E-state index in [4.69, 9.17) is 0 Å². The second-order valence-electron chi connectivity index (χ2n) is 3.58. The predicted octanol–water partition coefficient (Wildman–Crippen LogP) is 1.83. The lowest BCUT2D eigenvalue weighted by Gasteiger charge is -2.07. The van der Waals surface area contributed by atoms with Crippen molar-refractivity contribution in [1.82, 2.24) is 9.78 Å². The largest absolute Gasteiger partial charge is 0.523 e. The molecule has 1 aromatic heterocycles. The third-order valence-electron chi connectivity index (χ3n) is 1.85. The Labute approximate surface area is 96.3 Å². The van der Waals surface area contributed by atoms with E-state index in [0.717, 1.165) is 0 Å². The molecule has 98 valence electrons. The summed E-state index contributed by atoms with van der Waals surface area (Å²) < 4.78 is 62.3. The Morgan fingerprint density at radius 3 is 2.47 bits per heavy atom. The Morgan fingerprint density at radius 1 is 1.47 bits per heavy atom. The molecular weight excluding hydrogens is 261 g/mol. The van der Waals surface area contributed by atoms with Crippen LogP contribution in [0, 0.1) is 0 Å². The fraction of sp³-hybridized carbons (Fsp3) is 0.625. The van der Waals surface area contributed by atoms with E-state index in [1.165, 1.54) is 17.1 Å². The Kier molecular flexibility index (Phi) is 3.82. The van der Waals surface area contributed by atoms with Crippen molar-refractivity contribution in [2.24, 2.45) is 0 Å². The summed E-state index contributed by atoms with van der Waals surface area (Å²) in [5.41, 5.74) is -5.15. The molecule has 1 heterocycles. The van der Waals surface area contributed by atoms with Gasteiger partial charge in [-0.2, -0.15) is 26.7 Å². The summed E-state index contributed by atoms with van der Waals surface area (Å²) in [5, 5.41) is 3.84. The van der Waals surface area contributed by atoms with Crippen LogP contribution in [0.1, 0.15) is 25.5 Å². The molecule has 0 aliphatic rings. The van der Waals surface area contributed by atoms with Gasteiger partial charge in [-0.1, -0.05) is 0 Å². The quantitative estimate of drug-likeness (QED) is 0.619. The molecule has 0 atom stereocenters. The molecule has 5 nitrogen and oxygen atoms in total. The van der Waals surface area contributed by atoms with Crippen molar-refractivity contribution in [3.63, 3.8) is 0 Å². The topological polar surface area (TPSA) is 61.2 Å². The first-order valence-corrected chi connectivity index (χ1v) is 6.03. The van der Waals surface area contributed by atoms with Crippen LogP contribution in [0.2, 0.25) is 0 Å². The van der Waals surface area contributed by atoms with Gasteiger partial charge in [0.05, 0.1) is 12.8 Å². The standard InChI is InChI=1S/C8H11F3N2O3S/c1-6(2)13-4-7(3-12-13)5-16-17(14,15)8(9,10)11/h3-4,6H,5H2,1-2H3.